The first kappa shape index (κ1) is 29.1. The zero-order chi connectivity index (χ0) is 28.1. The van der Waals surface area contributed by atoms with E-state index in [4.69, 9.17) is 9.76 Å². The molecule has 0 bridgehead atoms. The van der Waals surface area contributed by atoms with Gasteiger partial charge in [0.1, 0.15) is 5.75 Å². The minimum absolute atomic E-state index is 0.0864. The van der Waals surface area contributed by atoms with Crippen LogP contribution in [-0.2, 0) is 19.0 Å². The number of carbonyl (C=O) groups excluding carboxylic acids is 2. The van der Waals surface area contributed by atoms with E-state index >= 15 is 0 Å². The molecule has 0 aromatic heterocycles. The Balaban J connectivity index is 1.50. The number of unbranched alkanes of at least 4 members (excludes halogenated alkanes) is 2. The number of allylic oxidation sites excluding steroid dienone is 2. The van der Waals surface area contributed by atoms with Gasteiger partial charge in [-0.3, -0.25) is 19.3 Å². The molecule has 2 saturated heterocycles. The second-order valence-corrected chi connectivity index (χ2v) is 11.0. The molecule has 3 N–H and O–H groups in total. The van der Waals surface area contributed by atoms with Crippen LogP contribution in [-0.4, -0.2) is 57.7 Å². The van der Waals surface area contributed by atoms with Crippen molar-refractivity contribution in [3.05, 3.63) is 46.5 Å². The number of carbonyl (C=O) groups is 3. The number of hydrogen-bond donors (Lipinski definition) is 3. The van der Waals surface area contributed by atoms with Crippen molar-refractivity contribution in [2.24, 2.45) is 17.8 Å². The van der Waals surface area contributed by atoms with E-state index < -0.39 is 24.9 Å². The molecule has 2 amide bonds. The number of carboxylic acid groups (broad SMARTS) is 1. The molecular weight excluding hydrogens is 497 g/mol. The van der Waals surface area contributed by atoms with Crippen molar-refractivity contribution >= 4 is 31.0 Å². The lowest BCUT2D eigenvalue weighted by atomic mass is 9.58. The highest BCUT2D eigenvalue weighted by atomic mass is 16.5. The summed E-state index contributed by atoms with van der Waals surface area (Å²) in [5.74, 6) is -2.02. The zero-order valence-corrected chi connectivity index (χ0v) is 23.0. The Hall–Kier alpha value is -2.91. The van der Waals surface area contributed by atoms with E-state index in [0.717, 1.165) is 41.5 Å². The molecule has 1 aromatic carbocycles. The Bertz CT molecular complexity index is 1150. The van der Waals surface area contributed by atoms with Crippen LogP contribution in [0.15, 0.2) is 41.0 Å². The maximum absolute atomic E-state index is 13.6. The van der Waals surface area contributed by atoms with Gasteiger partial charge < -0.3 is 19.9 Å². The number of aliphatic carboxylic acids is 1. The first-order valence-electron chi connectivity index (χ1n) is 14.3. The van der Waals surface area contributed by atoms with Crippen molar-refractivity contribution in [1.29, 1.82) is 0 Å². The molecule has 9 heteroatoms. The standard InChI is InChI=1S/C30H40BNO7/c1-3-19(16-21-10-7-8-11-24(21)33)13-14-25-27-20(4-2)17-22-28(23(27)18-31(38)39-25)30(37)32(29(22)36)15-9-5-6-12-26(34)35/h7-8,10-11,16,22-23,25,28,33,38H,3-6,9,12-15,17-18H2,1-2H3,(H,34,35)/b19-16+/t22-,23+,25-,28-/m1/s1. The topological polar surface area (TPSA) is 124 Å². The molecule has 8 nitrogen and oxygen atoms in total. The normalized spacial score (nSPS) is 25.3. The maximum Gasteiger partial charge on any atom is 0.455 e. The highest BCUT2D eigenvalue weighted by molar-refractivity contribution is 6.43. The molecule has 210 valence electrons. The Morgan fingerprint density at radius 1 is 1.10 bits per heavy atom. The van der Waals surface area contributed by atoms with E-state index in [0.29, 0.717) is 45.0 Å². The monoisotopic (exact) mass is 537 g/mol. The van der Waals surface area contributed by atoms with Crippen LogP contribution in [0.2, 0.25) is 6.32 Å². The number of likely N-dealkylation sites (tertiary alicyclic amines) is 1. The predicted molar refractivity (Wildman–Crippen MR) is 148 cm³/mol. The van der Waals surface area contributed by atoms with Crippen molar-refractivity contribution in [2.45, 2.75) is 84.1 Å². The molecule has 0 saturated carbocycles. The van der Waals surface area contributed by atoms with Gasteiger partial charge in [0, 0.05) is 18.5 Å². The number of benzene rings is 1. The van der Waals surface area contributed by atoms with Gasteiger partial charge in [-0.05, 0) is 68.8 Å². The summed E-state index contributed by atoms with van der Waals surface area (Å²) in [7, 11) is -0.999. The average molecular weight is 537 g/mol. The highest BCUT2D eigenvalue weighted by Gasteiger charge is 2.56. The van der Waals surface area contributed by atoms with Crippen LogP contribution >= 0.6 is 0 Å². The predicted octanol–water partition coefficient (Wildman–Crippen LogP) is 4.82. The molecule has 0 radical (unpaired) electrons. The minimum Gasteiger partial charge on any atom is -0.507 e. The number of rotatable bonds is 12. The maximum atomic E-state index is 13.6. The number of amides is 2. The van der Waals surface area contributed by atoms with Gasteiger partial charge in [-0.1, -0.05) is 55.7 Å². The summed E-state index contributed by atoms with van der Waals surface area (Å²) in [5, 5.41) is 29.7. The number of hydrogen-bond acceptors (Lipinski definition) is 6. The van der Waals surface area contributed by atoms with E-state index in [1.807, 2.05) is 18.2 Å². The zero-order valence-electron chi connectivity index (χ0n) is 23.0. The fourth-order valence-corrected chi connectivity index (χ4v) is 6.61. The summed E-state index contributed by atoms with van der Waals surface area (Å²) in [6.07, 6.45) is 7.30. The Morgan fingerprint density at radius 3 is 2.56 bits per heavy atom. The lowest BCUT2D eigenvalue weighted by Gasteiger charge is -2.43. The first-order chi connectivity index (χ1) is 18.7. The van der Waals surface area contributed by atoms with Crippen LogP contribution in [0.5, 0.6) is 5.75 Å². The lowest BCUT2D eigenvalue weighted by Crippen LogP contribution is -2.46. The largest absolute Gasteiger partial charge is 0.507 e. The third-order valence-corrected chi connectivity index (χ3v) is 8.58. The van der Waals surface area contributed by atoms with Gasteiger partial charge in [0.2, 0.25) is 11.8 Å². The molecule has 2 heterocycles. The number of phenols is 1. The summed E-state index contributed by atoms with van der Waals surface area (Å²) in [4.78, 5) is 39.1. The van der Waals surface area contributed by atoms with Crippen LogP contribution < -0.4 is 0 Å². The fraction of sp³-hybridized carbons (Fsp3) is 0.567. The van der Waals surface area contributed by atoms with E-state index in [1.54, 1.807) is 12.1 Å². The Kier molecular flexibility index (Phi) is 9.67. The average Bonchev–Trinajstić information content (AvgIpc) is 3.15. The molecule has 4 rings (SSSR count). The first-order valence-corrected chi connectivity index (χ1v) is 14.3. The molecule has 2 fully saturated rings. The molecule has 0 spiro atoms. The minimum atomic E-state index is -0.999. The summed E-state index contributed by atoms with van der Waals surface area (Å²) < 4.78 is 6.07. The third kappa shape index (κ3) is 6.47. The van der Waals surface area contributed by atoms with Crippen molar-refractivity contribution in [1.82, 2.24) is 4.90 Å². The number of para-hydroxylation sites is 1. The Labute approximate surface area is 230 Å². The molecule has 1 aliphatic carbocycles. The van der Waals surface area contributed by atoms with Crippen molar-refractivity contribution in [3.8, 4) is 5.75 Å². The number of phenolic OH excluding ortho intramolecular Hbond substituents is 1. The van der Waals surface area contributed by atoms with Gasteiger partial charge >= 0.3 is 13.1 Å². The molecule has 39 heavy (non-hydrogen) atoms. The second kappa shape index (κ2) is 13.0. The number of fused-ring (bicyclic) bond motifs is 3. The number of imide groups is 1. The fourth-order valence-electron chi connectivity index (χ4n) is 6.61. The van der Waals surface area contributed by atoms with E-state index in [9.17, 15) is 24.5 Å². The second-order valence-electron chi connectivity index (χ2n) is 11.0. The third-order valence-electron chi connectivity index (χ3n) is 8.58. The molecule has 4 atom stereocenters. The summed E-state index contributed by atoms with van der Waals surface area (Å²) >= 11 is 0. The smallest absolute Gasteiger partial charge is 0.455 e. The molecule has 2 aliphatic heterocycles. The molecule has 0 unspecified atom stereocenters. The van der Waals surface area contributed by atoms with Gasteiger partial charge in [-0.15, -0.1) is 0 Å². The summed E-state index contributed by atoms with van der Waals surface area (Å²) in [5.41, 5.74) is 4.17. The van der Waals surface area contributed by atoms with Gasteiger partial charge in [0.25, 0.3) is 0 Å². The van der Waals surface area contributed by atoms with Gasteiger partial charge in [-0.25, -0.2) is 0 Å². The summed E-state index contributed by atoms with van der Waals surface area (Å²) in [6, 6.07) is 7.22. The van der Waals surface area contributed by atoms with Crippen molar-refractivity contribution < 1.29 is 34.3 Å². The SMILES string of the molecule is CCC1=C2[C@@H](CC/C(=C/c3ccccc3O)CC)OB(O)C[C@@H]2[C@@H]2C(=O)N(CCCCCC(=O)O)C(=O)[C@@H]2C1. The van der Waals surface area contributed by atoms with Gasteiger partial charge in [0.05, 0.1) is 17.9 Å². The molecular formula is C30H40BNO7. The van der Waals surface area contributed by atoms with E-state index in [-0.39, 0.29) is 36.0 Å². The molecule has 3 aliphatic rings. The quantitative estimate of drug-likeness (QED) is 0.151. The van der Waals surface area contributed by atoms with Crippen molar-refractivity contribution in [3.63, 3.8) is 0 Å². The lowest BCUT2D eigenvalue weighted by molar-refractivity contribution is -0.141. The van der Waals surface area contributed by atoms with Crippen LogP contribution in [0.1, 0.15) is 77.2 Å². The number of carboxylic acids is 1. The van der Waals surface area contributed by atoms with E-state index in [2.05, 4.69) is 13.8 Å². The van der Waals surface area contributed by atoms with Gasteiger partial charge in [-0.2, -0.15) is 0 Å². The van der Waals surface area contributed by atoms with Gasteiger partial charge in [0.15, 0.2) is 0 Å². The highest BCUT2D eigenvalue weighted by Crippen LogP contribution is 2.51. The molecule has 1 aromatic rings. The van der Waals surface area contributed by atoms with Crippen LogP contribution in [0.25, 0.3) is 6.08 Å². The van der Waals surface area contributed by atoms with Crippen LogP contribution in [0.3, 0.4) is 0 Å². The number of aromatic hydroxyl groups is 1. The van der Waals surface area contributed by atoms with Crippen LogP contribution in [0, 0.1) is 17.8 Å². The summed E-state index contributed by atoms with van der Waals surface area (Å²) in [6.45, 7) is 4.46. The van der Waals surface area contributed by atoms with E-state index in [1.165, 1.54) is 4.90 Å². The Morgan fingerprint density at radius 2 is 1.87 bits per heavy atom. The number of nitrogens with zero attached hydrogens (tertiary/aromatic N) is 1. The van der Waals surface area contributed by atoms with Crippen molar-refractivity contribution in [2.75, 3.05) is 6.54 Å². The van der Waals surface area contributed by atoms with Crippen LogP contribution in [0.4, 0.5) is 0 Å².